The first kappa shape index (κ1) is 26.2. The number of rotatable bonds is 3. The zero-order valence-corrected chi connectivity index (χ0v) is 22.2. The van der Waals surface area contributed by atoms with Crippen LogP contribution in [0.1, 0.15) is 67.4 Å². The van der Waals surface area contributed by atoms with E-state index in [1.807, 2.05) is 54.0 Å². The number of para-hydroxylation sites is 1. The number of amides is 2. The monoisotopic (exact) mass is 491 g/mol. The van der Waals surface area contributed by atoms with Gasteiger partial charge in [0.1, 0.15) is 0 Å². The molecule has 0 N–H and O–H groups in total. The third kappa shape index (κ3) is 6.09. The fraction of sp³-hybridized carbons (Fsp3) is 0.533. The third-order valence-electron chi connectivity index (χ3n) is 7.39. The Kier molecular flexibility index (Phi) is 9.03. The van der Waals surface area contributed by atoms with E-state index >= 15 is 0 Å². The van der Waals surface area contributed by atoms with Gasteiger partial charge in [0, 0.05) is 55.6 Å². The summed E-state index contributed by atoms with van der Waals surface area (Å²) in [5.74, 6) is 0.136. The van der Waals surface area contributed by atoms with Gasteiger partial charge in [-0.3, -0.25) is 9.59 Å². The molecule has 0 aromatic heterocycles. The van der Waals surface area contributed by atoms with Gasteiger partial charge < -0.3 is 19.4 Å². The Bertz CT molecular complexity index is 1050. The zero-order chi connectivity index (χ0) is 25.5. The van der Waals surface area contributed by atoms with Gasteiger partial charge in [-0.25, -0.2) is 0 Å². The number of carbonyl (C=O) groups is 2. The first-order valence-corrected chi connectivity index (χ1v) is 13.6. The highest BCUT2D eigenvalue weighted by Crippen LogP contribution is 2.29. The normalized spacial score (nSPS) is 17.8. The average Bonchev–Trinajstić information content (AvgIpc) is 2.89. The van der Waals surface area contributed by atoms with Crippen molar-refractivity contribution in [3.8, 4) is 0 Å². The van der Waals surface area contributed by atoms with E-state index in [9.17, 15) is 9.59 Å². The lowest BCUT2D eigenvalue weighted by Gasteiger charge is -2.32. The smallest absolute Gasteiger partial charge is 0.254 e. The minimum atomic E-state index is -0.0747. The molecule has 0 bridgehead atoms. The van der Waals surface area contributed by atoms with Crippen LogP contribution in [0.4, 0.5) is 11.4 Å². The molecule has 2 heterocycles. The summed E-state index contributed by atoms with van der Waals surface area (Å²) in [6, 6.07) is 14.2. The molecule has 0 atom stereocenters. The average molecular weight is 492 g/mol. The highest BCUT2D eigenvalue weighted by Gasteiger charge is 2.25. The van der Waals surface area contributed by atoms with Crippen molar-refractivity contribution >= 4 is 23.2 Å². The van der Waals surface area contributed by atoms with E-state index in [1.165, 1.54) is 0 Å². The highest BCUT2D eigenvalue weighted by molar-refractivity contribution is 5.98. The molecule has 2 aliphatic rings. The molecular formula is C30H41N3O3. The molecule has 36 heavy (non-hydrogen) atoms. The van der Waals surface area contributed by atoms with E-state index in [2.05, 4.69) is 24.0 Å². The molecule has 2 aliphatic heterocycles. The number of anilines is 2. The molecule has 2 amide bonds. The van der Waals surface area contributed by atoms with Gasteiger partial charge in [-0.2, -0.15) is 0 Å². The third-order valence-corrected chi connectivity index (χ3v) is 7.39. The molecule has 0 spiro atoms. The largest absolute Gasteiger partial charge is 0.378 e. The first-order valence-electron chi connectivity index (χ1n) is 13.6. The second kappa shape index (κ2) is 12.4. The van der Waals surface area contributed by atoms with E-state index < -0.39 is 0 Å². The number of carbonyl (C=O) groups excluding carboxylic acids is 2. The topological polar surface area (TPSA) is 53.1 Å². The fourth-order valence-electron chi connectivity index (χ4n) is 5.30. The predicted octanol–water partition coefficient (Wildman–Crippen LogP) is 5.43. The maximum atomic E-state index is 14.0. The summed E-state index contributed by atoms with van der Waals surface area (Å²) in [5, 5.41) is 0. The van der Waals surface area contributed by atoms with Crippen molar-refractivity contribution in [3.63, 3.8) is 0 Å². The van der Waals surface area contributed by atoms with Crippen LogP contribution in [0, 0.1) is 12.8 Å². The van der Waals surface area contributed by atoms with Gasteiger partial charge in [-0.05, 0) is 49.1 Å². The maximum absolute atomic E-state index is 14.0. The van der Waals surface area contributed by atoms with Gasteiger partial charge in [0.05, 0.1) is 13.2 Å². The number of morpholine rings is 1. The summed E-state index contributed by atoms with van der Waals surface area (Å²) in [6.45, 7) is 11.0. The van der Waals surface area contributed by atoms with Crippen LogP contribution in [-0.4, -0.2) is 56.1 Å². The van der Waals surface area contributed by atoms with Crippen LogP contribution in [0.5, 0.6) is 0 Å². The summed E-state index contributed by atoms with van der Waals surface area (Å²) >= 11 is 0. The summed E-state index contributed by atoms with van der Waals surface area (Å²) < 4.78 is 5.53. The molecule has 0 saturated carbocycles. The molecule has 194 valence electrons. The molecule has 4 rings (SSSR count). The van der Waals surface area contributed by atoms with Crippen LogP contribution in [0.25, 0.3) is 0 Å². The highest BCUT2D eigenvalue weighted by atomic mass is 16.5. The number of hydrogen-bond acceptors (Lipinski definition) is 4. The Morgan fingerprint density at radius 3 is 2.22 bits per heavy atom. The van der Waals surface area contributed by atoms with Gasteiger partial charge in [0.15, 0.2) is 0 Å². The SMILES string of the molecule is Cc1c(C(=O)N2CCCCCCCN(C(=O)C(C)C)c3ccccc3C2)cccc1N1CCOCC1. The fourth-order valence-corrected chi connectivity index (χ4v) is 5.30. The quantitative estimate of drug-likeness (QED) is 0.575. The lowest BCUT2D eigenvalue weighted by molar-refractivity contribution is -0.121. The molecule has 1 saturated heterocycles. The lowest BCUT2D eigenvalue weighted by Crippen LogP contribution is -2.38. The first-order chi connectivity index (χ1) is 17.5. The number of benzene rings is 2. The van der Waals surface area contributed by atoms with Crippen LogP contribution in [0.15, 0.2) is 42.5 Å². The molecule has 6 heteroatoms. The molecule has 6 nitrogen and oxygen atoms in total. The van der Waals surface area contributed by atoms with Crippen LogP contribution in [-0.2, 0) is 16.1 Å². The van der Waals surface area contributed by atoms with Crippen molar-refractivity contribution in [2.75, 3.05) is 49.2 Å². The maximum Gasteiger partial charge on any atom is 0.254 e. The van der Waals surface area contributed by atoms with Gasteiger partial charge in [-0.1, -0.05) is 57.4 Å². The van der Waals surface area contributed by atoms with Crippen molar-refractivity contribution in [1.29, 1.82) is 0 Å². The minimum Gasteiger partial charge on any atom is -0.378 e. The number of hydrogen-bond donors (Lipinski definition) is 0. The van der Waals surface area contributed by atoms with E-state index in [0.29, 0.717) is 26.3 Å². The molecule has 2 aromatic carbocycles. The Labute approximate surface area is 216 Å². The molecule has 1 fully saturated rings. The van der Waals surface area contributed by atoms with Gasteiger partial charge in [0.2, 0.25) is 5.91 Å². The van der Waals surface area contributed by atoms with E-state index in [0.717, 1.165) is 79.8 Å². The van der Waals surface area contributed by atoms with E-state index in [1.54, 1.807) is 0 Å². The lowest BCUT2D eigenvalue weighted by atomic mass is 10.0. The number of fused-ring (bicyclic) bond motifs is 1. The molecule has 2 aromatic rings. The number of nitrogens with zero attached hydrogens (tertiary/aromatic N) is 3. The van der Waals surface area contributed by atoms with Gasteiger partial charge >= 0.3 is 0 Å². The second-order valence-electron chi connectivity index (χ2n) is 10.3. The zero-order valence-electron chi connectivity index (χ0n) is 22.2. The Morgan fingerprint density at radius 2 is 1.47 bits per heavy atom. The summed E-state index contributed by atoms with van der Waals surface area (Å²) in [4.78, 5) is 33.4. The summed E-state index contributed by atoms with van der Waals surface area (Å²) in [7, 11) is 0. The van der Waals surface area contributed by atoms with Crippen molar-refractivity contribution in [2.24, 2.45) is 5.92 Å². The van der Waals surface area contributed by atoms with Crippen molar-refractivity contribution in [2.45, 2.75) is 59.4 Å². The molecule has 0 radical (unpaired) electrons. The summed E-state index contributed by atoms with van der Waals surface area (Å²) in [5.41, 5.74) is 4.88. The van der Waals surface area contributed by atoms with Gasteiger partial charge in [-0.15, -0.1) is 0 Å². The van der Waals surface area contributed by atoms with Crippen LogP contribution >= 0.6 is 0 Å². The Hall–Kier alpha value is -2.86. The molecule has 0 aliphatic carbocycles. The van der Waals surface area contributed by atoms with E-state index in [4.69, 9.17) is 4.74 Å². The standard InChI is InChI=1S/C30H41N3O3/c1-23(2)29(34)33-17-10-6-4-5-9-16-32(22-25-12-7-8-14-28(25)33)30(35)26-13-11-15-27(24(26)3)31-18-20-36-21-19-31/h7-8,11-15,23H,4-6,9-10,16-22H2,1-3H3. The van der Waals surface area contributed by atoms with Crippen LogP contribution in [0.2, 0.25) is 0 Å². The second-order valence-corrected chi connectivity index (χ2v) is 10.3. The minimum absolute atomic E-state index is 0.0659. The number of ether oxygens (including phenoxy) is 1. The van der Waals surface area contributed by atoms with Crippen molar-refractivity contribution < 1.29 is 14.3 Å². The van der Waals surface area contributed by atoms with Gasteiger partial charge in [0.25, 0.3) is 5.91 Å². The van der Waals surface area contributed by atoms with Crippen LogP contribution in [0.3, 0.4) is 0 Å². The van der Waals surface area contributed by atoms with Crippen molar-refractivity contribution in [3.05, 3.63) is 59.2 Å². The Morgan fingerprint density at radius 1 is 0.806 bits per heavy atom. The summed E-state index contributed by atoms with van der Waals surface area (Å²) in [6.07, 6.45) is 5.31. The molecular weight excluding hydrogens is 450 g/mol. The van der Waals surface area contributed by atoms with Crippen LogP contribution < -0.4 is 9.80 Å². The molecule has 0 unspecified atom stereocenters. The predicted molar refractivity (Wildman–Crippen MR) is 146 cm³/mol. The Balaban J connectivity index is 1.66. The van der Waals surface area contributed by atoms with E-state index in [-0.39, 0.29) is 17.7 Å². The van der Waals surface area contributed by atoms with Crippen molar-refractivity contribution in [1.82, 2.24) is 4.90 Å².